The Bertz CT molecular complexity index is 829. The maximum atomic E-state index is 13.3. The number of piperazine rings is 1. The summed E-state index contributed by atoms with van der Waals surface area (Å²) in [7, 11) is 2.08. The number of carbonyl (C=O) groups excluding carboxylic acids is 1. The molecule has 2 aromatic rings. The molecule has 1 saturated heterocycles. The lowest BCUT2D eigenvalue weighted by molar-refractivity contribution is -0.113. The third-order valence-corrected chi connectivity index (χ3v) is 5.57. The molecule has 8 heteroatoms. The van der Waals surface area contributed by atoms with Gasteiger partial charge in [-0.15, -0.1) is 11.8 Å². The van der Waals surface area contributed by atoms with Gasteiger partial charge in [-0.3, -0.25) is 4.79 Å². The molecule has 0 aliphatic carbocycles. The molecule has 3 rings (SSSR count). The summed E-state index contributed by atoms with van der Waals surface area (Å²) >= 11 is 7.25. The van der Waals surface area contributed by atoms with Gasteiger partial charge in [-0.25, -0.2) is 8.78 Å². The van der Waals surface area contributed by atoms with E-state index in [1.807, 2.05) is 6.07 Å². The van der Waals surface area contributed by atoms with Crippen LogP contribution in [-0.2, 0) is 4.79 Å². The number of hydrogen-bond donors (Lipinski definition) is 1. The lowest BCUT2D eigenvalue weighted by Crippen LogP contribution is -2.44. The standard InChI is InChI=1S/C19H20ClF2N3OS/c1-24-6-8-25(9-7-24)18-5-2-13(20)10-17(18)23-19(26)12-27-14-3-4-15(21)16(22)11-14/h2-5,10-11H,6-9,12H2,1H3,(H,23,26). The number of nitrogens with zero attached hydrogens (tertiary/aromatic N) is 2. The van der Waals surface area contributed by atoms with Gasteiger partial charge in [-0.05, 0) is 43.4 Å². The molecular weight excluding hydrogens is 392 g/mol. The molecule has 1 aliphatic heterocycles. The average molecular weight is 412 g/mol. The molecule has 1 fully saturated rings. The van der Waals surface area contributed by atoms with Crippen LogP contribution >= 0.6 is 23.4 Å². The highest BCUT2D eigenvalue weighted by molar-refractivity contribution is 8.00. The van der Waals surface area contributed by atoms with Crippen LogP contribution in [-0.4, -0.2) is 49.8 Å². The van der Waals surface area contributed by atoms with Crippen molar-refractivity contribution in [3.05, 3.63) is 53.1 Å². The highest BCUT2D eigenvalue weighted by atomic mass is 35.5. The smallest absolute Gasteiger partial charge is 0.234 e. The first-order valence-electron chi connectivity index (χ1n) is 8.53. The van der Waals surface area contributed by atoms with E-state index < -0.39 is 11.6 Å². The average Bonchev–Trinajstić information content (AvgIpc) is 2.64. The third-order valence-electron chi connectivity index (χ3n) is 4.34. The normalized spacial score (nSPS) is 15.0. The fourth-order valence-corrected chi connectivity index (χ4v) is 3.73. The third kappa shape index (κ3) is 5.34. The molecule has 4 nitrogen and oxygen atoms in total. The summed E-state index contributed by atoms with van der Waals surface area (Å²) in [6, 6.07) is 9.04. The summed E-state index contributed by atoms with van der Waals surface area (Å²) < 4.78 is 26.3. The van der Waals surface area contributed by atoms with Crippen molar-refractivity contribution in [2.24, 2.45) is 0 Å². The van der Waals surface area contributed by atoms with Crippen LogP contribution in [0.25, 0.3) is 0 Å². The second kappa shape index (κ2) is 8.91. The molecule has 0 radical (unpaired) electrons. The summed E-state index contributed by atoms with van der Waals surface area (Å²) in [6.45, 7) is 3.62. The largest absolute Gasteiger partial charge is 0.367 e. The minimum Gasteiger partial charge on any atom is -0.367 e. The maximum absolute atomic E-state index is 13.3. The molecule has 0 atom stereocenters. The SMILES string of the molecule is CN1CCN(c2ccc(Cl)cc2NC(=O)CSc2ccc(F)c(F)c2)CC1. The molecule has 144 valence electrons. The number of thioether (sulfide) groups is 1. The van der Waals surface area contributed by atoms with Crippen molar-refractivity contribution in [2.45, 2.75) is 4.90 Å². The van der Waals surface area contributed by atoms with Crippen molar-refractivity contribution < 1.29 is 13.6 Å². The second-order valence-electron chi connectivity index (χ2n) is 6.36. The summed E-state index contributed by atoms with van der Waals surface area (Å²) in [5, 5.41) is 3.43. The number of hydrogen-bond acceptors (Lipinski definition) is 4. The quantitative estimate of drug-likeness (QED) is 0.751. The van der Waals surface area contributed by atoms with Crippen LogP contribution in [0, 0.1) is 11.6 Å². The number of amides is 1. The molecule has 27 heavy (non-hydrogen) atoms. The molecule has 2 aromatic carbocycles. The number of likely N-dealkylation sites (N-methyl/N-ethyl adjacent to an activating group) is 1. The van der Waals surface area contributed by atoms with E-state index in [0.29, 0.717) is 15.6 Å². The topological polar surface area (TPSA) is 35.6 Å². The van der Waals surface area contributed by atoms with Crippen LogP contribution in [0.2, 0.25) is 5.02 Å². The molecule has 0 saturated carbocycles. The lowest BCUT2D eigenvalue weighted by Gasteiger charge is -2.35. The van der Waals surface area contributed by atoms with E-state index in [-0.39, 0.29) is 11.7 Å². The number of halogens is 3. The van der Waals surface area contributed by atoms with E-state index in [9.17, 15) is 13.6 Å². The monoisotopic (exact) mass is 411 g/mol. The van der Waals surface area contributed by atoms with Gasteiger partial charge in [0.25, 0.3) is 0 Å². The summed E-state index contributed by atoms with van der Waals surface area (Å²) in [6.07, 6.45) is 0. The Kier molecular flexibility index (Phi) is 6.57. The number of carbonyl (C=O) groups is 1. The highest BCUT2D eigenvalue weighted by Gasteiger charge is 2.18. The first-order valence-corrected chi connectivity index (χ1v) is 9.89. The van der Waals surface area contributed by atoms with Crippen LogP contribution < -0.4 is 10.2 Å². The van der Waals surface area contributed by atoms with E-state index >= 15 is 0 Å². The molecule has 1 N–H and O–H groups in total. The molecule has 0 aromatic heterocycles. The second-order valence-corrected chi connectivity index (χ2v) is 7.85. The van der Waals surface area contributed by atoms with Crippen LogP contribution in [0.15, 0.2) is 41.3 Å². The zero-order valence-electron chi connectivity index (χ0n) is 14.8. The first kappa shape index (κ1) is 19.9. The van der Waals surface area contributed by atoms with Gasteiger partial charge in [0, 0.05) is 36.1 Å². The van der Waals surface area contributed by atoms with Gasteiger partial charge in [0.05, 0.1) is 17.1 Å². The van der Waals surface area contributed by atoms with Crippen molar-refractivity contribution in [3.63, 3.8) is 0 Å². The van der Waals surface area contributed by atoms with E-state index in [1.54, 1.807) is 12.1 Å². The number of nitrogens with one attached hydrogen (secondary N) is 1. The Morgan fingerprint density at radius 1 is 1.11 bits per heavy atom. The van der Waals surface area contributed by atoms with Crippen molar-refractivity contribution in [2.75, 3.05) is 49.2 Å². The van der Waals surface area contributed by atoms with Gasteiger partial charge >= 0.3 is 0 Å². The summed E-state index contributed by atoms with van der Waals surface area (Å²) in [5.74, 6) is -1.98. The number of rotatable bonds is 5. The van der Waals surface area contributed by atoms with E-state index in [0.717, 1.165) is 55.8 Å². The Balaban J connectivity index is 1.66. The van der Waals surface area contributed by atoms with Gasteiger partial charge in [-0.2, -0.15) is 0 Å². The molecule has 0 bridgehead atoms. The van der Waals surface area contributed by atoms with Gasteiger partial charge < -0.3 is 15.1 Å². The Morgan fingerprint density at radius 2 is 1.85 bits per heavy atom. The molecule has 1 aliphatic rings. The zero-order valence-corrected chi connectivity index (χ0v) is 16.4. The van der Waals surface area contributed by atoms with E-state index in [1.165, 1.54) is 6.07 Å². The predicted octanol–water partition coefficient (Wildman–Crippen LogP) is 4.10. The Morgan fingerprint density at radius 3 is 2.56 bits per heavy atom. The number of anilines is 2. The predicted molar refractivity (Wildman–Crippen MR) is 107 cm³/mol. The van der Waals surface area contributed by atoms with Crippen molar-refractivity contribution in [1.29, 1.82) is 0 Å². The van der Waals surface area contributed by atoms with Gasteiger partial charge in [0.15, 0.2) is 11.6 Å². The minimum absolute atomic E-state index is 0.0831. The van der Waals surface area contributed by atoms with E-state index in [2.05, 4.69) is 22.2 Å². The van der Waals surface area contributed by atoms with Crippen molar-refractivity contribution in [1.82, 2.24) is 4.90 Å². The van der Waals surface area contributed by atoms with Crippen LogP contribution in [0.5, 0.6) is 0 Å². The fourth-order valence-electron chi connectivity index (χ4n) is 2.83. The minimum atomic E-state index is -0.924. The summed E-state index contributed by atoms with van der Waals surface area (Å²) in [4.78, 5) is 17.3. The Labute approximate surface area is 166 Å². The van der Waals surface area contributed by atoms with Gasteiger partial charge in [-0.1, -0.05) is 11.6 Å². The first-order chi connectivity index (χ1) is 12.9. The summed E-state index contributed by atoms with van der Waals surface area (Å²) in [5.41, 5.74) is 1.58. The number of benzene rings is 2. The van der Waals surface area contributed by atoms with Gasteiger partial charge in [0.1, 0.15) is 0 Å². The molecule has 1 heterocycles. The van der Waals surface area contributed by atoms with E-state index in [4.69, 9.17) is 11.6 Å². The van der Waals surface area contributed by atoms with Crippen molar-refractivity contribution >= 4 is 40.6 Å². The molecule has 0 unspecified atom stereocenters. The molecular formula is C19H20ClF2N3OS. The highest BCUT2D eigenvalue weighted by Crippen LogP contribution is 2.30. The van der Waals surface area contributed by atoms with Gasteiger partial charge in [0.2, 0.25) is 5.91 Å². The van der Waals surface area contributed by atoms with Crippen LogP contribution in [0.4, 0.5) is 20.2 Å². The van der Waals surface area contributed by atoms with Crippen LogP contribution in [0.3, 0.4) is 0 Å². The lowest BCUT2D eigenvalue weighted by atomic mass is 10.2. The molecule has 1 amide bonds. The van der Waals surface area contributed by atoms with Crippen molar-refractivity contribution in [3.8, 4) is 0 Å². The molecule has 0 spiro atoms. The van der Waals surface area contributed by atoms with Crippen LogP contribution in [0.1, 0.15) is 0 Å². The Hall–Kier alpha value is -1.83. The zero-order chi connectivity index (χ0) is 19.4. The fraction of sp³-hybridized carbons (Fsp3) is 0.316. The maximum Gasteiger partial charge on any atom is 0.234 e.